The number of hydrogen-bond donors (Lipinski definition) is 4. The number of carbonyl (C=O) groups excluding carboxylic acids is 4. The Hall–Kier alpha value is -2.90. The van der Waals surface area contributed by atoms with E-state index in [2.05, 4.69) is 0 Å². The van der Waals surface area contributed by atoms with Gasteiger partial charge >= 0.3 is 0 Å². The summed E-state index contributed by atoms with van der Waals surface area (Å²) in [5, 5.41) is 0. The van der Waals surface area contributed by atoms with E-state index in [4.69, 9.17) is 22.9 Å². The van der Waals surface area contributed by atoms with Gasteiger partial charge in [0, 0.05) is 23.0 Å². The Kier molecular flexibility index (Phi) is 10.5. The number of fused-ring (bicyclic) bond motifs is 1. The van der Waals surface area contributed by atoms with Crippen LogP contribution in [0.5, 0.6) is 0 Å². The van der Waals surface area contributed by atoms with E-state index in [1.807, 2.05) is 0 Å². The van der Waals surface area contributed by atoms with Crippen LogP contribution >= 0.6 is 0 Å². The molecule has 1 saturated carbocycles. The Balaban J connectivity index is 0.000000242. The van der Waals surface area contributed by atoms with Crippen molar-refractivity contribution in [1.29, 1.82) is 0 Å². The summed E-state index contributed by atoms with van der Waals surface area (Å²) in [7, 11) is 0. The summed E-state index contributed by atoms with van der Waals surface area (Å²) in [5.74, 6) is -1.35. The van der Waals surface area contributed by atoms with Gasteiger partial charge in [0.05, 0.1) is 0 Å². The minimum absolute atomic E-state index is 0.195. The molecule has 8 N–H and O–H groups in total. The molecular formula is C26H40N4O4. The average Bonchev–Trinajstić information content (AvgIpc) is 3.00. The topological polar surface area (TPSA) is 172 Å². The Morgan fingerprint density at radius 2 is 1.12 bits per heavy atom. The predicted molar refractivity (Wildman–Crippen MR) is 132 cm³/mol. The summed E-state index contributed by atoms with van der Waals surface area (Å²) < 4.78 is 0. The van der Waals surface area contributed by atoms with Crippen LogP contribution in [-0.4, -0.2) is 23.6 Å². The van der Waals surface area contributed by atoms with Gasteiger partial charge < -0.3 is 22.9 Å². The lowest BCUT2D eigenvalue weighted by atomic mass is 9.75. The lowest BCUT2D eigenvalue weighted by Gasteiger charge is -2.29. The first kappa shape index (κ1) is 27.3. The number of primary amides is 4. The van der Waals surface area contributed by atoms with Crippen LogP contribution in [0.3, 0.4) is 0 Å². The molecule has 0 aliphatic heterocycles. The van der Waals surface area contributed by atoms with Crippen LogP contribution in [0.2, 0.25) is 0 Å². The minimum Gasteiger partial charge on any atom is -0.370 e. The predicted octanol–water partition coefficient (Wildman–Crippen LogP) is 3.01. The quantitative estimate of drug-likeness (QED) is 0.447. The molecule has 0 radical (unpaired) electrons. The lowest BCUT2D eigenvalue weighted by Crippen LogP contribution is -2.37. The highest BCUT2D eigenvalue weighted by atomic mass is 16.2. The highest BCUT2D eigenvalue weighted by molar-refractivity contribution is 5.99. The molecule has 1 aromatic rings. The molecule has 2 aliphatic carbocycles. The van der Waals surface area contributed by atoms with Gasteiger partial charge in [0.2, 0.25) is 23.6 Å². The molecule has 188 valence electrons. The van der Waals surface area contributed by atoms with Crippen LogP contribution in [-0.2, 0) is 22.4 Å². The number of benzene rings is 1. The van der Waals surface area contributed by atoms with E-state index in [1.165, 1.54) is 12.8 Å². The van der Waals surface area contributed by atoms with Crippen molar-refractivity contribution in [1.82, 2.24) is 0 Å². The normalized spacial score (nSPS) is 17.5. The molecule has 0 spiro atoms. The van der Waals surface area contributed by atoms with Gasteiger partial charge in [0.25, 0.3) is 0 Å². The van der Waals surface area contributed by atoms with Crippen molar-refractivity contribution in [3.05, 3.63) is 34.4 Å². The summed E-state index contributed by atoms with van der Waals surface area (Å²) in [6.07, 6.45) is 14.0. The Morgan fingerprint density at radius 1 is 0.676 bits per heavy atom. The standard InChI is InChI=1S/C14H18N2O2.C12H22N2O2/c15-13(17)11-7-8-12(14(16)18)10-6-4-2-1-3-5-9(10)11;13-10(15)6-5-9-12(11(14)16)7-3-1-2-4-8-12/h7-8H,1-6H2,(H2,15,17)(H2,16,18);1-9H2,(H2,13,15)(H2,14,16). The van der Waals surface area contributed by atoms with Crippen molar-refractivity contribution in [2.24, 2.45) is 28.3 Å². The number of rotatable bonds is 7. The molecule has 1 fully saturated rings. The molecular weight excluding hydrogens is 432 g/mol. The molecule has 8 nitrogen and oxygen atoms in total. The second-order valence-electron chi connectivity index (χ2n) is 9.64. The molecule has 0 unspecified atom stereocenters. The summed E-state index contributed by atoms with van der Waals surface area (Å²) in [6.45, 7) is 0. The molecule has 2 aliphatic rings. The molecule has 0 bridgehead atoms. The minimum atomic E-state index is -0.428. The Labute approximate surface area is 202 Å². The second-order valence-corrected chi connectivity index (χ2v) is 9.64. The van der Waals surface area contributed by atoms with E-state index in [9.17, 15) is 19.2 Å². The molecule has 1 aromatic carbocycles. The summed E-state index contributed by atoms with van der Waals surface area (Å²) >= 11 is 0. The first-order chi connectivity index (χ1) is 16.2. The Bertz CT molecular complexity index is 844. The van der Waals surface area contributed by atoms with Gasteiger partial charge in [-0.3, -0.25) is 19.2 Å². The molecule has 8 heteroatoms. The van der Waals surface area contributed by atoms with E-state index >= 15 is 0 Å². The lowest BCUT2D eigenvalue weighted by molar-refractivity contribution is -0.129. The molecule has 4 amide bonds. The third kappa shape index (κ3) is 7.57. The van der Waals surface area contributed by atoms with E-state index in [-0.39, 0.29) is 17.2 Å². The van der Waals surface area contributed by atoms with Crippen molar-refractivity contribution in [2.75, 3.05) is 0 Å². The zero-order valence-corrected chi connectivity index (χ0v) is 20.2. The monoisotopic (exact) mass is 472 g/mol. The van der Waals surface area contributed by atoms with E-state index in [1.54, 1.807) is 12.1 Å². The number of hydrogen-bond acceptors (Lipinski definition) is 4. The molecule has 0 aromatic heterocycles. The molecule has 0 heterocycles. The van der Waals surface area contributed by atoms with Gasteiger partial charge in [0.15, 0.2) is 0 Å². The zero-order valence-electron chi connectivity index (χ0n) is 20.2. The summed E-state index contributed by atoms with van der Waals surface area (Å²) in [5.41, 5.74) is 24.0. The smallest absolute Gasteiger partial charge is 0.248 e. The van der Waals surface area contributed by atoms with Crippen molar-refractivity contribution < 1.29 is 19.2 Å². The molecule has 0 atom stereocenters. The zero-order chi connectivity index (χ0) is 25.1. The maximum Gasteiger partial charge on any atom is 0.248 e. The van der Waals surface area contributed by atoms with Crippen molar-refractivity contribution in [2.45, 2.75) is 96.3 Å². The van der Waals surface area contributed by atoms with Crippen molar-refractivity contribution >= 4 is 23.6 Å². The van der Waals surface area contributed by atoms with Gasteiger partial charge in [-0.15, -0.1) is 0 Å². The fourth-order valence-electron chi connectivity index (χ4n) is 5.31. The number of nitrogens with two attached hydrogens (primary N) is 4. The van der Waals surface area contributed by atoms with Crippen LogP contribution in [0.15, 0.2) is 12.1 Å². The summed E-state index contributed by atoms with van der Waals surface area (Å²) in [6, 6.07) is 3.26. The maximum absolute atomic E-state index is 11.6. The second kappa shape index (κ2) is 13.1. The average molecular weight is 473 g/mol. The van der Waals surface area contributed by atoms with Crippen LogP contribution in [0, 0.1) is 5.41 Å². The van der Waals surface area contributed by atoms with Gasteiger partial charge in [-0.25, -0.2) is 0 Å². The van der Waals surface area contributed by atoms with Crippen LogP contribution < -0.4 is 22.9 Å². The van der Waals surface area contributed by atoms with Crippen molar-refractivity contribution in [3.63, 3.8) is 0 Å². The Morgan fingerprint density at radius 3 is 1.50 bits per heavy atom. The van der Waals surface area contributed by atoms with E-state index in [0.29, 0.717) is 30.4 Å². The first-order valence-electron chi connectivity index (χ1n) is 12.5. The molecule has 34 heavy (non-hydrogen) atoms. The van der Waals surface area contributed by atoms with Gasteiger partial charge in [0.1, 0.15) is 0 Å². The summed E-state index contributed by atoms with van der Waals surface area (Å²) in [4.78, 5) is 45.2. The van der Waals surface area contributed by atoms with Crippen molar-refractivity contribution in [3.8, 4) is 0 Å². The van der Waals surface area contributed by atoms with E-state index in [0.717, 1.165) is 75.3 Å². The maximum atomic E-state index is 11.6. The van der Waals surface area contributed by atoms with Crippen LogP contribution in [0.1, 0.15) is 115 Å². The highest BCUT2D eigenvalue weighted by Crippen LogP contribution is 2.39. The van der Waals surface area contributed by atoms with Gasteiger partial charge in [-0.05, 0) is 74.6 Å². The van der Waals surface area contributed by atoms with E-state index < -0.39 is 11.8 Å². The SMILES string of the molecule is NC(=O)CCCC1(C(N)=O)CCCCCC1.NC(=O)c1ccc(C(N)=O)c2c1CCCCCC2. The number of carbonyl (C=O) groups is 4. The third-order valence-electron chi connectivity index (χ3n) is 7.23. The highest BCUT2D eigenvalue weighted by Gasteiger charge is 2.36. The fourth-order valence-corrected chi connectivity index (χ4v) is 5.31. The van der Waals surface area contributed by atoms with Gasteiger partial charge in [-0.1, -0.05) is 38.5 Å². The number of amides is 4. The first-order valence-corrected chi connectivity index (χ1v) is 12.5. The van der Waals surface area contributed by atoms with Crippen LogP contribution in [0.25, 0.3) is 0 Å². The molecule has 0 saturated heterocycles. The van der Waals surface area contributed by atoms with Gasteiger partial charge in [-0.2, -0.15) is 0 Å². The van der Waals surface area contributed by atoms with Crippen LogP contribution in [0.4, 0.5) is 0 Å². The largest absolute Gasteiger partial charge is 0.370 e. The fraction of sp³-hybridized carbons (Fsp3) is 0.615. The third-order valence-corrected chi connectivity index (χ3v) is 7.23. The molecule has 3 rings (SSSR count).